The minimum Gasteiger partial charge on any atom is -0.338 e. The van der Waals surface area contributed by atoms with Crippen molar-refractivity contribution in [2.45, 2.75) is 12.3 Å². The lowest BCUT2D eigenvalue weighted by Crippen LogP contribution is -2.07. The molecule has 0 aromatic carbocycles. The van der Waals surface area contributed by atoms with Crippen molar-refractivity contribution in [1.82, 2.24) is 15.5 Å². The summed E-state index contributed by atoms with van der Waals surface area (Å²) in [6.45, 7) is 0.466. The van der Waals surface area contributed by atoms with Gasteiger partial charge in [0.05, 0.1) is 6.54 Å². The average Bonchev–Trinajstić information content (AvgIpc) is 2.33. The van der Waals surface area contributed by atoms with Gasteiger partial charge in [0.15, 0.2) is 15.7 Å². The Hall–Kier alpha value is -0.950. The fourth-order valence-corrected chi connectivity index (χ4v) is 1.37. The highest BCUT2D eigenvalue weighted by molar-refractivity contribution is 7.89. The Labute approximate surface area is 76.3 Å². The first-order valence-corrected chi connectivity index (χ1v) is 5.71. The van der Waals surface area contributed by atoms with Gasteiger partial charge >= 0.3 is 0 Å². The Morgan fingerprint density at radius 3 is 2.77 bits per heavy atom. The smallest absolute Gasteiger partial charge is 0.241 e. The monoisotopic (exact) mass is 205 g/mol. The van der Waals surface area contributed by atoms with Crippen LogP contribution in [0, 0.1) is 0 Å². The zero-order valence-electron chi connectivity index (χ0n) is 7.44. The van der Waals surface area contributed by atoms with Gasteiger partial charge in [-0.15, -0.1) is 0 Å². The summed E-state index contributed by atoms with van der Waals surface area (Å²) >= 11 is 0. The molecule has 0 radical (unpaired) electrons. The number of nitrogens with one attached hydrogen (secondary N) is 1. The summed E-state index contributed by atoms with van der Waals surface area (Å²) in [5.74, 6) is 0.387. The molecule has 0 aliphatic heterocycles. The number of nitrogens with zero attached hydrogens (tertiary/aromatic N) is 2. The molecule has 0 fully saturated rings. The Morgan fingerprint density at radius 1 is 1.54 bits per heavy atom. The lowest BCUT2D eigenvalue weighted by Gasteiger charge is -1.89. The predicted molar refractivity (Wildman–Crippen MR) is 45.6 cm³/mol. The summed E-state index contributed by atoms with van der Waals surface area (Å²) in [6.07, 6.45) is 1.12. The molecule has 0 bridgehead atoms. The van der Waals surface area contributed by atoms with Crippen molar-refractivity contribution < 1.29 is 12.9 Å². The van der Waals surface area contributed by atoms with Gasteiger partial charge < -0.3 is 9.84 Å². The van der Waals surface area contributed by atoms with E-state index in [9.17, 15) is 8.42 Å². The van der Waals surface area contributed by atoms with E-state index in [1.807, 2.05) is 0 Å². The first-order chi connectivity index (χ1) is 6.01. The molecule has 0 saturated carbocycles. The van der Waals surface area contributed by atoms with E-state index in [2.05, 4.69) is 15.5 Å². The summed E-state index contributed by atoms with van der Waals surface area (Å²) in [7, 11) is -1.35. The van der Waals surface area contributed by atoms with Crippen LogP contribution >= 0.6 is 0 Å². The molecule has 0 unspecified atom stereocenters. The Morgan fingerprint density at radius 2 is 2.23 bits per heavy atom. The van der Waals surface area contributed by atoms with Crippen molar-refractivity contribution in [3.05, 3.63) is 11.7 Å². The second-order valence-electron chi connectivity index (χ2n) is 2.70. The summed E-state index contributed by atoms with van der Waals surface area (Å²) in [5.41, 5.74) is 0. The maximum absolute atomic E-state index is 10.8. The summed E-state index contributed by atoms with van der Waals surface area (Å²) in [5, 5.41) is 6.40. The second-order valence-corrected chi connectivity index (χ2v) is 4.84. The van der Waals surface area contributed by atoms with Crippen LogP contribution < -0.4 is 5.32 Å². The summed E-state index contributed by atoms with van der Waals surface area (Å²) in [6, 6.07) is 0. The topological polar surface area (TPSA) is 85.1 Å². The molecule has 0 saturated heterocycles. The zero-order chi connectivity index (χ0) is 9.90. The molecule has 0 aliphatic rings. The molecule has 1 N–H and O–H groups in total. The number of hydrogen-bond acceptors (Lipinski definition) is 6. The van der Waals surface area contributed by atoms with Crippen LogP contribution in [-0.4, -0.2) is 31.9 Å². The third-order valence-corrected chi connectivity index (χ3v) is 2.00. The maximum atomic E-state index is 10.8. The average molecular weight is 205 g/mol. The molecule has 1 aromatic heterocycles. The van der Waals surface area contributed by atoms with E-state index in [-0.39, 0.29) is 11.6 Å². The van der Waals surface area contributed by atoms with Crippen molar-refractivity contribution in [3.8, 4) is 0 Å². The lowest BCUT2D eigenvalue weighted by molar-refractivity contribution is 0.382. The molecular formula is C6H11N3O3S. The third-order valence-electron chi connectivity index (χ3n) is 1.23. The fraction of sp³-hybridized carbons (Fsp3) is 0.667. The van der Waals surface area contributed by atoms with E-state index in [0.29, 0.717) is 12.4 Å². The minimum atomic E-state index is -3.10. The van der Waals surface area contributed by atoms with Gasteiger partial charge in [-0.05, 0) is 7.05 Å². The highest BCUT2D eigenvalue weighted by Gasteiger charge is 2.11. The molecule has 0 aliphatic carbocycles. The molecule has 1 aromatic rings. The molecule has 0 amide bonds. The molecule has 7 heteroatoms. The standard InChI is InChI=1S/C6H11N3O3S/c1-7-3-5-8-6(12-9-5)4-13(2,10)11/h7H,3-4H2,1-2H3. The number of aromatic nitrogens is 2. The third kappa shape index (κ3) is 3.51. The molecule has 13 heavy (non-hydrogen) atoms. The van der Waals surface area contributed by atoms with Crippen molar-refractivity contribution in [1.29, 1.82) is 0 Å². The molecule has 0 atom stereocenters. The zero-order valence-corrected chi connectivity index (χ0v) is 8.26. The molecule has 0 spiro atoms. The fourth-order valence-electron chi connectivity index (χ4n) is 0.803. The number of sulfone groups is 1. The summed E-state index contributed by atoms with van der Waals surface area (Å²) < 4.78 is 26.4. The largest absolute Gasteiger partial charge is 0.338 e. The van der Waals surface area contributed by atoms with E-state index >= 15 is 0 Å². The second kappa shape index (κ2) is 3.84. The van der Waals surface area contributed by atoms with E-state index in [1.54, 1.807) is 7.05 Å². The van der Waals surface area contributed by atoms with E-state index in [1.165, 1.54) is 0 Å². The van der Waals surface area contributed by atoms with E-state index in [0.717, 1.165) is 6.26 Å². The van der Waals surface area contributed by atoms with Gasteiger partial charge in [-0.3, -0.25) is 0 Å². The van der Waals surface area contributed by atoms with Gasteiger partial charge in [-0.25, -0.2) is 8.42 Å². The SMILES string of the molecule is CNCc1noc(CS(C)(=O)=O)n1. The highest BCUT2D eigenvalue weighted by Crippen LogP contribution is 2.01. The molecule has 1 rings (SSSR count). The predicted octanol–water partition coefficient (Wildman–Crippen LogP) is -0.666. The van der Waals surface area contributed by atoms with Crippen LogP contribution in [0.3, 0.4) is 0 Å². The Bertz CT molecular complexity index is 370. The van der Waals surface area contributed by atoms with Gasteiger partial charge in [0.1, 0.15) is 5.75 Å². The maximum Gasteiger partial charge on any atom is 0.241 e. The van der Waals surface area contributed by atoms with E-state index in [4.69, 9.17) is 4.52 Å². The number of hydrogen-bond donors (Lipinski definition) is 1. The van der Waals surface area contributed by atoms with Crippen molar-refractivity contribution in [2.75, 3.05) is 13.3 Å². The molecular weight excluding hydrogens is 194 g/mol. The molecule has 1 heterocycles. The van der Waals surface area contributed by atoms with Crippen LogP contribution in [0.5, 0.6) is 0 Å². The van der Waals surface area contributed by atoms with Crippen LogP contribution in [-0.2, 0) is 22.1 Å². The van der Waals surface area contributed by atoms with Gasteiger partial charge in [-0.2, -0.15) is 4.98 Å². The highest BCUT2D eigenvalue weighted by atomic mass is 32.2. The minimum absolute atomic E-state index is 0.132. The van der Waals surface area contributed by atoms with Gasteiger partial charge in [-0.1, -0.05) is 5.16 Å². The van der Waals surface area contributed by atoms with Crippen LogP contribution in [0.15, 0.2) is 4.52 Å². The first-order valence-electron chi connectivity index (χ1n) is 3.65. The van der Waals surface area contributed by atoms with Crippen molar-refractivity contribution >= 4 is 9.84 Å². The van der Waals surface area contributed by atoms with Crippen molar-refractivity contribution in [2.24, 2.45) is 0 Å². The van der Waals surface area contributed by atoms with Crippen LogP contribution in [0.25, 0.3) is 0 Å². The van der Waals surface area contributed by atoms with Gasteiger partial charge in [0.2, 0.25) is 5.89 Å². The molecule has 6 nitrogen and oxygen atoms in total. The normalized spacial score (nSPS) is 11.8. The Kier molecular flexibility index (Phi) is 2.99. The van der Waals surface area contributed by atoms with Gasteiger partial charge in [0, 0.05) is 6.26 Å². The van der Waals surface area contributed by atoms with Crippen LogP contribution in [0.1, 0.15) is 11.7 Å². The van der Waals surface area contributed by atoms with Gasteiger partial charge in [0.25, 0.3) is 0 Å². The molecule has 74 valence electrons. The summed E-state index contributed by atoms with van der Waals surface area (Å²) in [4.78, 5) is 3.87. The Balaban J connectivity index is 2.69. The number of rotatable bonds is 4. The van der Waals surface area contributed by atoms with E-state index < -0.39 is 9.84 Å². The van der Waals surface area contributed by atoms with Crippen molar-refractivity contribution in [3.63, 3.8) is 0 Å². The lowest BCUT2D eigenvalue weighted by atomic mass is 10.6. The van der Waals surface area contributed by atoms with Crippen LogP contribution in [0.4, 0.5) is 0 Å². The first kappa shape index (κ1) is 10.1. The quantitative estimate of drug-likeness (QED) is 0.702. The van der Waals surface area contributed by atoms with Crippen LogP contribution in [0.2, 0.25) is 0 Å².